The summed E-state index contributed by atoms with van der Waals surface area (Å²) in [7, 11) is 0. The molecule has 1 aliphatic rings. The van der Waals surface area contributed by atoms with Gasteiger partial charge in [-0.15, -0.1) is 0 Å². The zero-order valence-corrected chi connectivity index (χ0v) is 14.8. The van der Waals surface area contributed by atoms with Crippen LogP contribution in [0.4, 0.5) is 5.69 Å². The first-order valence-electron chi connectivity index (χ1n) is 7.06. The number of carboxylic acid groups (broad SMARTS) is 1. The predicted molar refractivity (Wildman–Crippen MR) is 94.4 cm³/mol. The Morgan fingerprint density at radius 3 is 2.72 bits per heavy atom. The van der Waals surface area contributed by atoms with Crippen molar-refractivity contribution in [3.63, 3.8) is 0 Å². The van der Waals surface area contributed by atoms with Crippen molar-refractivity contribution in [2.24, 2.45) is 0 Å². The Morgan fingerprint density at radius 2 is 2.00 bits per heavy atom. The van der Waals surface area contributed by atoms with Gasteiger partial charge in [0.15, 0.2) is 0 Å². The number of nitrogens with zero attached hydrogens (tertiary/aromatic N) is 2. The van der Waals surface area contributed by atoms with Crippen molar-refractivity contribution in [3.8, 4) is 0 Å². The third-order valence-corrected chi connectivity index (χ3v) is 5.54. The first-order chi connectivity index (χ1) is 11.9. The molecule has 0 bridgehead atoms. The van der Waals surface area contributed by atoms with E-state index in [1.54, 1.807) is 12.1 Å². The average molecular weight is 397 g/mol. The van der Waals surface area contributed by atoms with Crippen LogP contribution in [0.15, 0.2) is 41.6 Å². The van der Waals surface area contributed by atoms with Crippen LogP contribution in [-0.2, 0) is 9.59 Å². The number of rotatable bonds is 4. The van der Waals surface area contributed by atoms with Crippen LogP contribution in [0.5, 0.6) is 0 Å². The normalized spacial score (nSPS) is 17.2. The molecule has 25 heavy (non-hydrogen) atoms. The SMILES string of the molecule is O=C(O)c1cccnc1SC1CC(=O)N(c2cccc(Cl)c2Cl)C1=O. The number of aromatic nitrogens is 1. The number of pyridine rings is 1. The monoisotopic (exact) mass is 396 g/mol. The molecule has 3 rings (SSSR count). The lowest BCUT2D eigenvalue weighted by molar-refractivity contribution is -0.121. The van der Waals surface area contributed by atoms with Crippen LogP contribution in [0.2, 0.25) is 10.0 Å². The van der Waals surface area contributed by atoms with Gasteiger partial charge in [-0.3, -0.25) is 9.59 Å². The van der Waals surface area contributed by atoms with E-state index < -0.39 is 23.0 Å². The lowest BCUT2D eigenvalue weighted by Crippen LogP contribution is -2.31. The third kappa shape index (κ3) is 3.35. The van der Waals surface area contributed by atoms with Gasteiger partial charge in [0.05, 0.1) is 26.5 Å². The van der Waals surface area contributed by atoms with Crippen LogP contribution < -0.4 is 4.90 Å². The third-order valence-electron chi connectivity index (χ3n) is 3.53. The van der Waals surface area contributed by atoms with E-state index in [1.807, 2.05) is 0 Å². The molecule has 1 atom stereocenters. The molecule has 1 saturated heterocycles. The largest absolute Gasteiger partial charge is 0.478 e. The lowest BCUT2D eigenvalue weighted by Gasteiger charge is -2.17. The maximum Gasteiger partial charge on any atom is 0.338 e. The highest BCUT2D eigenvalue weighted by Crippen LogP contribution is 2.39. The molecule has 1 aromatic heterocycles. The maximum atomic E-state index is 12.7. The van der Waals surface area contributed by atoms with E-state index in [1.165, 1.54) is 24.4 Å². The van der Waals surface area contributed by atoms with Crippen molar-refractivity contribution < 1.29 is 19.5 Å². The summed E-state index contributed by atoms with van der Waals surface area (Å²) in [5.41, 5.74) is 0.193. The van der Waals surface area contributed by atoms with Gasteiger partial charge in [-0.1, -0.05) is 41.0 Å². The van der Waals surface area contributed by atoms with Crippen molar-refractivity contribution in [1.82, 2.24) is 4.98 Å². The molecule has 1 aromatic carbocycles. The highest BCUT2D eigenvalue weighted by molar-refractivity contribution is 8.00. The van der Waals surface area contributed by atoms with E-state index in [0.717, 1.165) is 16.7 Å². The number of thioether (sulfide) groups is 1. The summed E-state index contributed by atoms with van der Waals surface area (Å²) in [6.45, 7) is 0. The maximum absolute atomic E-state index is 12.7. The van der Waals surface area contributed by atoms with Crippen LogP contribution in [0.25, 0.3) is 0 Å². The number of hydrogen-bond acceptors (Lipinski definition) is 5. The number of imide groups is 1. The minimum absolute atomic E-state index is 0.0213. The van der Waals surface area contributed by atoms with Crippen LogP contribution >= 0.6 is 35.0 Å². The molecule has 2 amide bonds. The quantitative estimate of drug-likeness (QED) is 0.795. The topological polar surface area (TPSA) is 87.6 Å². The average Bonchev–Trinajstić information content (AvgIpc) is 2.85. The standard InChI is InChI=1S/C16H10Cl2N2O4S/c17-9-4-1-5-10(13(9)18)20-12(21)7-11(15(20)22)25-14-8(16(23)24)3-2-6-19-14/h1-6,11H,7H2,(H,23,24). The molecular formula is C16H10Cl2N2O4S. The second-order valence-electron chi connectivity index (χ2n) is 5.11. The molecule has 1 aliphatic heterocycles. The van der Waals surface area contributed by atoms with Gasteiger partial charge in [0.1, 0.15) is 5.03 Å². The fraction of sp³-hybridized carbons (Fsp3) is 0.125. The molecule has 0 aliphatic carbocycles. The van der Waals surface area contributed by atoms with Gasteiger partial charge in [-0.25, -0.2) is 14.7 Å². The summed E-state index contributed by atoms with van der Waals surface area (Å²) in [5, 5.41) is 8.95. The summed E-state index contributed by atoms with van der Waals surface area (Å²) in [6.07, 6.45) is 1.35. The Morgan fingerprint density at radius 1 is 1.24 bits per heavy atom. The predicted octanol–water partition coefficient (Wildman–Crippen LogP) is 3.51. The fourth-order valence-electron chi connectivity index (χ4n) is 2.40. The first-order valence-corrected chi connectivity index (χ1v) is 8.69. The molecule has 6 nitrogen and oxygen atoms in total. The fourth-order valence-corrected chi connectivity index (χ4v) is 3.88. The van der Waals surface area contributed by atoms with E-state index >= 15 is 0 Å². The van der Waals surface area contributed by atoms with E-state index in [2.05, 4.69) is 4.98 Å². The molecule has 0 spiro atoms. The van der Waals surface area contributed by atoms with Crippen molar-refractivity contribution in [2.45, 2.75) is 16.7 Å². The highest BCUT2D eigenvalue weighted by atomic mass is 35.5. The van der Waals surface area contributed by atoms with Crippen molar-refractivity contribution in [1.29, 1.82) is 0 Å². The number of carbonyl (C=O) groups is 3. The molecule has 0 saturated carbocycles. The molecule has 9 heteroatoms. The molecule has 1 N–H and O–H groups in total. The smallest absolute Gasteiger partial charge is 0.338 e. The van der Waals surface area contributed by atoms with Gasteiger partial charge in [0.2, 0.25) is 11.8 Å². The summed E-state index contributed by atoms with van der Waals surface area (Å²) >= 11 is 13.0. The molecule has 128 valence electrons. The number of halogens is 2. The highest BCUT2D eigenvalue weighted by Gasteiger charge is 2.41. The number of amides is 2. The van der Waals surface area contributed by atoms with E-state index in [0.29, 0.717) is 0 Å². The minimum Gasteiger partial charge on any atom is -0.478 e. The molecule has 1 unspecified atom stereocenters. The number of carboxylic acids is 1. The summed E-state index contributed by atoms with van der Waals surface area (Å²) in [6, 6.07) is 7.56. The molecule has 2 aromatic rings. The lowest BCUT2D eigenvalue weighted by atomic mass is 10.3. The molecule has 1 fully saturated rings. The summed E-state index contributed by atoms with van der Waals surface area (Å²) in [4.78, 5) is 41.2. The zero-order chi connectivity index (χ0) is 18.1. The molecular weight excluding hydrogens is 387 g/mol. The summed E-state index contributed by atoms with van der Waals surface area (Å²) in [5.74, 6) is -2.07. The number of carbonyl (C=O) groups excluding carboxylic acids is 2. The number of benzene rings is 1. The van der Waals surface area contributed by atoms with Gasteiger partial charge in [-0.2, -0.15) is 0 Å². The summed E-state index contributed by atoms with van der Waals surface area (Å²) < 4.78 is 0. The second kappa shape index (κ2) is 7.03. The van der Waals surface area contributed by atoms with Gasteiger partial charge < -0.3 is 5.11 Å². The Balaban J connectivity index is 1.90. The van der Waals surface area contributed by atoms with Gasteiger partial charge in [0.25, 0.3) is 0 Å². The number of anilines is 1. The molecule has 2 heterocycles. The Hall–Kier alpha value is -2.09. The van der Waals surface area contributed by atoms with Crippen molar-refractivity contribution >= 4 is 58.4 Å². The van der Waals surface area contributed by atoms with Crippen molar-refractivity contribution in [3.05, 3.63) is 52.1 Å². The van der Waals surface area contributed by atoms with Crippen LogP contribution in [0.3, 0.4) is 0 Å². The molecule has 0 radical (unpaired) electrons. The zero-order valence-electron chi connectivity index (χ0n) is 12.5. The van der Waals surface area contributed by atoms with Crippen molar-refractivity contribution in [2.75, 3.05) is 4.90 Å². The Kier molecular flexibility index (Phi) is 4.99. The van der Waals surface area contributed by atoms with E-state index in [4.69, 9.17) is 23.2 Å². The van der Waals surface area contributed by atoms with Crippen LogP contribution in [0.1, 0.15) is 16.8 Å². The number of hydrogen-bond donors (Lipinski definition) is 1. The second-order valence-corrected chi connectivity index (χ2v) is 7.09. The number of aromatic carboxylic acids is 1. The van der Waals surface area contributed by atoms with E-state index in [-0.39, 0.29) is 32.7 Å². The van der Waals surface area contributed by atoms with Gasteiger partial charge in [-0.05, 0) is 24.3 Å². The van der Waals surface area contributed by atoms with Gasteiger partial charge >= 0.3 is 5.97 Å². The van der Waals surface area contributed by atoms with E-state index in [9.17, 15) is 19.5 Å². The minimum atomic E-state index is -1.15. The Bertz CT molecular complexity index is 890. The Labute approximate surface area is 156 Å². The van der Waals surface area contributed by atoms with Crippen LogP contribution in [-0.4, -0.2) is 33.1 Å². The van der Waals surface area contributed by atoms with Gasteiger partial charge in [0, 0.05) is 12.6 Å². The van der Waals surface area contributed by atoms with Crippen LogP contribution in [0, 0.1) is 0 Å². The first kappa shape index (κ1) is 17.7.